The van der Waals surface area contributed by atoms with E-state index in [1.807, 2.05) is 0 Å². The van der Waals surface area contributed by atoms with E-state index in [2.05, 4.69) is 0 Å². The summed E-state index contributed by atoms with van der Waals surface area (Å²) >= 11 is 0. The topological polar surface area (TPSA) is 139 Å². The van der Waals surface area contributed by atoms with Gasteiger partial charge in [-0.3, -0.25) is 29.3 Å². The molecule has 0 amide bonds. The molecule has 0 spiro atoms. The molecule has 10 heteroatoms. The van der Waals surface area contributed by atoms with Crippen LogP contribution in [0, 0.1) is 15.5 Å². The van der Waals surface area contributed by atoms with E-state index in [1.54, 1.807) is 0 Å². The molecule has 0 atom stereocenters. The van der Waals surface area contributed by atoms with E-state index in [0.717, 1.165) is 0 Å². The number of nitro groups is 1. The van der Waals surface area contributed by atoms with Crippen LogP contribution in [0.1, 0.15) is 32.8 Å². The molecule has 0 aliphatic carbocycles. The number of carbonyl (C=O) groups excluding carboxylic acids is 4. The van der Waals surface area contributed by atoms with Gasteiger partial charge in [0.15, 0.2) is 5.78 Å². The highest BCUT2D eigenvalue weighted by Crippen LogP contribution is 2.32. The second-order valence-electron chi connectivity index (χ2n) is 5.81. The number of rotatable bonds is 11. The van der Waals surface area contributed by atoms with Crippen LogP contribution in [-0.4, -0.2) is 48.4 Å². The van der Waals surface area contributed by atoms with Crippen molar-refractivity contribution in [2.45, 2.75) is 33.6 Å². The SMILES string of the molecule is CCOC(=O)CC(C(=O)Cc1ccccc1[N+](=O)[O-])(C(=O)OCC)C(=O)OCC. The molecule has 158 valence electrons. The number of nitro benzene ring substituents is 1. The fourth-order valence-electron chi connectivity index (χ4n) is 2.65. The van der Waals surface area contributed by atoms with Gasteiger partial charge in [-0.1, -0.05) is 18.2 Å². The van der Waals surface area contributed by atoms with Crippen LogP contribution < -0.4 is 0 Å². The highest BCUT2D eigenvalue weighted by molar-refractivity contribution is 6.22. The molecule has 0 heterocycles. The smallest absolute Gasteiger partial charge is 0.331 e. The number of ether oxygens (including phenoxy) is 3. The molecular weight excluding hydrogens is 386 g/mol. The molecule has 0 bridgehead atoms. The summed E-state index contributed by atoms with van der Waals surface area (Å²) in [5.41, 5.74) is -3.01. The first-order chi connectivity index (χ1) is 13.7. The van der Waals surface area contributed by atoms with Crippen LogP contribution in [-0.2, 0) is 39.8 Å². The third-order valence-electron chi connectivity index (χ3n) is 3.98. The molecule has 1 aromatic rings. The van der Waals surface area contributed by atoms with Crippen molar-refractivity contribution in [3.63, 3.8) is 0 Å². The quantitative estimate of drug-likeness (QED) is 0.176. The van der Waals surface area contributed by atoms with Crippen molar-refractivity contribution in [2.24, 2.45) is 5.41 Å². The maximum absolute atomic E-state index is 13.1. The molecule has 0 aliphatic heterocycles. The van der Waals surface area contributed by atoms with Gasteiger partial charge in [0.1, 0.15) is 0 Å². The second-order valence-corrected chi connectivity index (χ2v) is 5.81. The molecule has 0 N–H and O–H groups in total. The summed E-state index contributed by atoms with van der Waals surface area (Å²) in [6.45, 7) is 4.07. The Morgan fingerprint density at radius 2 is 1.45 bits per heavy atom. The number of ketones is 1. The van der Waals surface area contributed by atoms with Crippen LogP contribution in [0.5, 0.6) is 0 Å². The fourth-order valence-corrected chi connectivity index (χ4v) is 2.65. The third-order valence-corrected chi connectivity index (χ3v) is 3.98. The molecule has 0 saturated carbocycles. The Kier molecular flexibility index (Phi) is 8.91. The van der Waals surface area contributed by atoms with Crippen molar-refractivity contribution in [2.75, 3.05) is 19.8 Å². The summed E-state index contributed by atoms with van der Waals surface area (Å²) in [5, 5.41) is 11.2. The number of benzene rings is 1. The van der Waals surface area contributed by atoms with Crippen molar-refractivity contribution >= 4 is 29.4 Å². The van der Waals surface area contributed by atoms with E-state index in [1.165, 1.54) is 45.0 Å². The van der Waals surface area contributed by atoms with Crippen molar-refractivity contribution in [1.82, 2.24) is 0 Å². The Morgan fingerprint density at radius 1 is 0.931 bits per heavy atom. The van der Waals surface area contributed by atoms with Crippen LogP contribution in [0.25, 0.3) is 0 Å². The van der Waals surface area contributed by atoms with Gasteiger partial charge in [-0.05, 0) is 20.8 Å². The minimum absolute atomic E-state index is 0.0238. The molecule has 29 heavy (non-hydrogen) atoms. The number of esters is 3. The number of para-hydroxylation sites is 1. The maximum atomic E-state index is 13.1. The van der Waals surface area contributed by atoms with Gasteiger partial charge in [-0.25, -0.2) is 0 Å². The van der Waals surface area contributed by atoms with E-state index >= 15 is 0 Å². The zero-order valence-electron chi connectivity index (χ0n) is 16.5. The third kappa shape index (κ3) is 5.59. The molecule has 0 radical (unpaired) electrons. The monoisotopic (exact) mass is 409 g/mol. The first-order valence-corrected chi connectivity index (χ1v) is 9.00. The highest BCUT2D eigenvalue weighted by Gasteiger charge is 2.57. The number of nitrogens with zero attached hydrogens (tertiary/aromatic N) is 1. The van der Waals surface area contributed by atoms with E-state index in [9.17, 15) is 29.3 Å². The van der Waals surface area contributed by atoms with Gasteiger partial charge < -0.3 is 14.2 Å². The minimum atomic E-state index is -2.62. The summed E-state index contributed by atoms with van der Waals surface area (Å²) < 4.78 is 14.6. The van der Waals surface area contributed by atoms with Crippen molar-refractivity contribution in [3.05, 3.63) is 39.9 Å². The Hall–Kier alpha value is -3.30. The van der Waals surface area contributed by atoms with Gasteiger partial charge in [-0.15, -0.1) is 0 Å². The summed E-state index contributed by atoms with van der Waals surface area (Å²) in [4.78, 5) is 61.2. The summed E-state index contributed by atoms with van der Waals surface area (Å²) in [6, 6.07) is 5.39. The van der Waals surface area contributed by atoms with Gasteiger partial charge in [0.2, 0.25) is 5.41 Å². The van der Waals surface area contributed by atoms with Crippen LogP contribution in [0.15, 0.2) is 24.3 Å². The Balaban J connectivity index is 3.48. The van der Waals surface area contributed by atoms with Crippen molar-refractivity contribution < 1.29 is 38.3 Å². The molecule has 1 rings (SSSR count). The predicted octanol–water partition coefficient (Wildman–Crippen LogP) is 1.77. The second kappa shape index (κ2) is 10.9. The first kappa shape index (κ1) is 23.7. The van der Waals surface area contributed by atoms with Gasteiger partial charge in [0, 0.05) is 18.1 Å². The molecule has 0 saturated heterocycles. The number of carbonyl (C=O) groups is 4. The molecule has 0 unspecified atom stereocenters. The first-order valence-electron chi connectivity index (χ1n) is 9.00. The molecular formula is C19H23NO9. The Labute approximate surface area is 167 Å². The average molecular weight is 409 g/mol. The summed E-state index contributed by atoms with van der Waals surface area (Å²) in [6.07, 6.45) is -1.59. The Morgan fingerprint density at radius 3 is 1.93 bits per heavy atom. The molecule has 0 aliphatic rings. The van der Waals surface area contributed by atoms with Crippen LogP contribution >= 0.6 is 0 Å². The number of hydrogen-bond acceptors (Lipinski definition) is 9. The van der Waals surface area contributed by atoms with Gasteiger partial charge in [-0.2, -0.15) is 0 Å². The largest absolute Gasteiger partial charge is 0.466 e. The molecule has 0 aromatic heterocycles. The lowest BCUT2D eigenvalue weighted by atomic mass is 9.77. The van der Waals surface area contributed by atoms with Crippen molar-refractivity contribution in [1.29, 1.82) is 0 Å². The lowest BCUT2D eigenvalue weighted by Crippen LogP contribution is -2.51. The predicted molar refractivity (Wildman–Crippen MR) is 98.8 cm³/mol. The summed E-state index contributed by atoms with van der Waals surface area (Å²) in [7, 11) is 0. The molecule has 1 aromatic carbocycles. The molecule has 0 fully saturated rings. The zero-order valence-corrected chi connectivity index (χ0v) is 16.5. The Bertz CT molecular complexity index is 770. The maximum Gasteiger partial charge on any atom is 0.331 e. The fraction of sp³-hybridized carbons (Fsp3) is 0.474. The number of Topliss-reactive ketones (excluding diaryl/α,β-unsaturated/α-hetero) is 1. The van der Waals surface area contributed by atoms with Crippen molar-refractivity contribution in [3.8, 4) is 0 Å². The lowest BCUT2D eigenvalue weighted by molar-refractivity contribution is -0.385. The van der Waals surface area contributed by atoms with Gasteiger partial charge >= 0.3 is 17.9 Å². The number of hydrogen-bond donors (Lipinski definition) is 0. The van der Waals surface area contributed by atoms with E-state index < -0.39 is 46.9 Å². The van der Waals surface area contributed by atoms with E-state index in [-0.39, 0.29) is 31.1 Å². The van der Waals surface area contributed by atoms with Crippen LogP contribution in [0.4, 0.5) is 5.69 Å². The normalized spacial score (nSPS) is 10.7. The highest BCUT2D eigenvalue weighted by atomic mass is 16.6. The lowest BCUT2D eigenvalue weighted by Gasteiger charge is -2.27. The van der Waals surface area contributed by atoms with Gasteiger partial charge in [0.25, 0.3) is 5.69 Å². The average Bonchev–Trinajstić information content (AvgIpc) is 2.66. The minimum Gasteiger partial charge on any atom is -0.466 e. The van der Waals surface area contributed by atoms with Gasteiger partial charge in [0.05, 0.1) is 31.2 Å². The van der Waals surface area contributed by atoms with Crippen LogP contribution in [0.2, 0.25) is 0 Å². The molecule has 10 nitrogen and oxygen atoms in total. The van der Waals surface area contributed by atoms with E-state index in [4.69, 9.17) is 14.2 Å². The summed E-state index contributed by atoms with van der Waals surface area (Å²) in [5.74, 6) is -4.58. The van der Waals surface area contributed by atoms with Crippen LogP contribution in [0.3, 0.4) is 0 Å². The van der Waals surface area contributed by atoms with E-state index in [0.29, 0.717) is 0 Å². The zero-order chi connectivity index (χ0) is 22.0. The standard InChI is InChI=1S/C19H23NO9/c1-4-27-16(22)12-19(17(23)28-5-2,18(24)29-6-3)15(21)11-13-9-7-8-10-14(13)20(25)26/h7-10H,4-6,11-12H2,1-3H3.